The average Bonchev–Trinajstić information content (AvgIpc) is 2.16. The third kappa shape index (κ3) is 7.66. The molecule has 0 amide bonds. The van der Waals surface area contributed by atoms with E-state index in [4.69, 9.17) is 9.47 Å². The van der Waals surface area contributed by atoms with Gasteiger partial charge in [0.05, 0.1) is 0 Å². The Hall–Kier alpha value is -0.603. The van der Waals surface area contributed by atoms with Crippen molar-refractivity contribution in [3.05, 3.63) is 12.2 Å². The van der Waals surface area contributed by atoms with Crippen LogP contribution >= 0.6 is 0 Å². The summed E-state index contributed by atoms with van der Waals surface area (Å²) in [6, 6.07) is 0. The predicted octanol–water partition coefficient (Wildman–Crippen LogP) is 1.79. The fourth-order valence-electron chi connectivity index (χ4n) is 0.953. The zero-order valence-corrected chi connectivity index (χ0v) is 11.8. The van der Waals surface area contributed by atoms with E-state index in [-0.39, 0.29) is 6.79 Å². The normalized spacial score (nSPS) is 15.6. The number of rotatable bonds is 5. The molecule has 0 aliphatic heterocycles. The summed E-state index contributed by atoms with van der Waals surface area (Å²) >= 11 is 0. The fourth-order valence-corrected chi connectivity index (χ4v) is 1.53. The van der Waals surface area contributed by atoms with Crippen LogP contribution < -0.4 is 0 Å². The van der Waals surface area contributed by atoms with Crippen molar-refractivity contribution in [1.29, 1.82) is 0 Å². The van der Waals surface area contributed by atoms with E-state index in [1.54, 1.807) is 19.3 Å². The molecule has 0 heterocycles. The van der Waals surface area contributed by atoms with Gasteiger partial charge in [0, 0.05) is 7.11 Å². The molecule has 0 aromatic carbocycles. The van der Waals surface area contributed by atoms with Crippen molar-refractivity contribution in [2.75, 3.05) is 13.9 Å². The number of aliphatic hydroxyl groups excluding tert-OH is 1. The molecule has 0 rings (SSSR count). The first-order valence-corrected chi connectivity index (χ1v) is 8.85. The molecule has 0 radical (unpaired) electrons. The quantitative estimate of drug-likeness (QED) is 0.346. The Morgan fingerprint density at radius 3 is 2.44 bits per heavy atom. The minimum absolute atomic E-state index is 0.139. The van der Waals surface area contributed by atoms with Crippen LogP contribution in [-0.4, -0.2) is 39.3 Å². The van der Waals surface area contributed by atoms with Gasteiger partial charge in [-0.3, -0.25) is 0 Å². The molecule has 92 valence electrons. The van der Waals surface area contributed by atoms with Crippen LogP contribution in [0.1, 0.15) is 6.92 Å². The first-order valence-electron chi connectivity index (χ1n) is 5.35. The predicted molar refractivity (Wildman–Crippen MR) is 68.7 cm³/mol. The Bertz CT molecular complexity index is 270. The fraction of sp³-hybridized carbons (Fsp3) is 0.667. The molecule has 2 atom stereocenters. The second-order valence-corrected chi connectivity index (χ2v) is 9.28. The summed E-state index contributed by atoms with van der Waals surface area (Å²) in [5.41, 5.74) is 3.18. The SMILES string of the molecule is C/C=C/[C@@H](O)[C@H](C#C[Si](C)(C)C)OCOC. The molecular weight excluding hydrogens is 220 g/mol. The van der Waals surface area contributed by atoms with E-state index in [9.17, 15) is 5.11 Å². The third-order valence-electron chi connectivity index (χ3n) is 1.65. The topological polar surface area (TPSA) is 38.7 Å². The van der Waals surface area contributed by atoms with Crippen LogP contribution in [-0.2, 0) is 9.47 Å². The summed E-state index contributed by atoms with van der Waals surface area (Å²) in [5.74, 6) is 2.99. The van der Waals surface area contributed by atoms with E-state index in [0.717, 1.165) is 0 Å². The summed E-state index contributed by atoms with van der Waals surface area (Å²) in [6.45, 7) is 8.43. The number of hydrogen-bond donors (Lipinski definition) is 1. The molecule has 3 nitrogen and oxygen atoms in total. The Morgan fingerprint density at radius 1 is 1.38 bits per heavy atom. The van der Waals surface area contributed by atoms with Gasteiger partial charge in [-0.2, -0.15) is 0 Å². The highest BCUT2D eigenvalue weighted by Crippen LogP contribution is 2.03. The first-order chi connectivity index (χ1) is 7.40. The highest BCUT2D eigenvalue weighted by Gasteiger charge is 2.16. The van der Waals surface area contributed by atoms with E-state index >= 15 is 0 Å². The molecule has 0 aromatic rings. The largest absolute Gasteiger partial charge is 0.385 e. The number of ether oxygens (including phenoxy) is 2. The molecular formula is C12H22O3Si. The second-order valence-electron chi connectivity index (χ2n) is 4.53. The average molecular weight is 242 g/mol. The van der Waals surface area contributed by atoms with Crippen molar-refractivity contribution in [3.8, 4) is 11.5 Å². The van der Waals surface area contributed by atoms with Crippen molar-refractivity contribution in [2.45, 2.75) is 38.8 Å². The van der Waals surface area contributed by atoms with Gasteiger partial charge in [0.2, 0.25) is 0 Å². The van der Waals surface area contributed by atoms with Crippen LogP contribution in [0.4, 0.5) is 0 Å². The summed E-state index contributed by atoms with van der Waals surface area (Å²) in [7, 11) is 0.102. The number of aliphatic hydroxyl groups is 1. The summed E-state index contributed by atoms with van der Waals surface area (Å²) in [4.78, 5) is 0. The molecule has 0 aliphatic rings. The lowest BCUT2D eigenvalue weighted by atomic mass is 10.2. The number of allylic oxidation sites excluding steroid dienone is 1. The number of methoxy groups -OCH3 is 1. The van der Waals surface area contributed by atoms with Crippen LogP contribution in [0.5, 0.6) is 0 Å². The standard InChI is InChI=1S/C12H22O3Si/c1-6-7-11(13)12(15-10-14-2)8-9-16(3,4)5/h6-7,11-13H,10H2,1-5H3/b7-6+/t11-,12+/m1/s1. The van der Waals surface area contributed by atoms with Crippen LogP contribution in [0, 0.1) is 11.5 Å². The van der Waals surface area contributed by atoms with Crippen LogP contribution in [0.3, 0.4) is 0 Å². The van der Waals surface area contributed by atoms with Gasteiger partial charge in [-0.1, -0.05) is 37.7 Å². The first kappa shape index (κ1) is 15.4. The third-order valence-corrected chi connectivity index (χ3v) is 2.55. The molecule has 0 unspecified atom stereocenters. The molecule has 0 aliphatic carbocycles. The van der Waals surface area contributed by atoms with Crippen molar-refractivity contribution >= 4 is 8.07 Å². The van der Waals surface area contributed by atoms with Crippen molar-refractivity contribution in [1.82, 2.24) is 0 Å². The van der Waals surface area contributed by atoms with Crippen molar-refractivity contribution in [2.24, 2.45) is 0 Å². The minimum atomic E-state index is -1.45. The minimum Gasteiger partial charge on any atom is -0.385 e. The summed E-state index contributed by atoms with van der Waals surface area (Å²) < 4.78 is 10.1. The van der Waals surface area contributed by atoms with Gasteiger partial charge in [-0.25, -0.2) is 0 Å². The Balaban J connectivity index is 4.58. The lowest BCUT2D eigenvalue weighted by molar-refractivity contribution is -0.0797. The molecule has 1 N–H and O–H groups in total. The van der Waals surface area contributed by atoms with Crippen LogP contribution in [0.15, 0.2) is 12.2 Å². The summed E-state index contributed by atoms with van der Waals surface area (Å²) in [6.07, 6.45) is 2.23. The molecule has 0 spiro atoms. The molecule has 0 bridgehead atoms. The second kappa shape index (κ2) is 7.63. The number of hydrogen-bond acceptors (Lipinski definition) is 3. The molecule has 4 heteroatoms. The Morgan fingerprint density at radius 2 is 2.00 bits per heavy atom. The van der Waals surface area contributed by atoms with E-state index in [1.165, 1.54) is 0 Å². The maximum absolute atomic E-state index is 9.78. The van der Waals surface area contributed by atoms with Crippen molar-refractivity contribution < 1.29 is 14.6 Å². The van der Waals surface area contributed by atoms with Gasteiger partial charge in [0.1, 0.15) is 27.1 Å². The van der Waals surface area contributed by atoms with Crippen LogP contribution in [0.2, 0.25) is 19.6 Å². The van der Waals surface area contributed by atoms with E-state index in [1.807, 2.05) is 6.92 Å². The van der Waals surface area contributed by atoms with E-state index < -0.39 is 20.3 Å². The van der Waals surface area contributed by atoms with Gasteiger partial charge in [0.25, 0.3) is 0 Å². The van der Waals surface area contributed by atoms with Crippen molar-refractivity contribution in [3.63, 3.8) is 0 Å². The maximum Gasteiger partial charge on any atom is 0.149 e. The Kier molecular flexibility index (Phi) is 7.35. The lowest BCUT2D eigenvalue weighted by Crippen LogP contribution is -2.28. The molecule has 0 saturated carbocycles. The smallest absolute Gasteiger partial charge is 0.149 e. The molecule has 16 heavy (non-hydrogen) atoms. The highest BCUT2D eigenvalue weighted by molar-refractivity contribution is 6.83. The zero-order chi connectivity index (χ0) is 12.6. The highest BCUT2D eigenvalue weighted by atomic mass is 28.3. The maximum atomic E-state index is 9.78. The summed E-state index contributed by atoms with van der Waals surface area (Å²) in [5, 5.41) is 9.78. The van der Waals surface area contributed by atoms with Crippen LogP contribution in [0.25, 0.3) is 0 Å². The van der Waals surface area contributed by atoms with Gasteiger partial charge in [0.15, 0.2) is 0 Å². The lowest BCUT2D eigenvalue weighted by Gasteiger charge is -2.16. The monoisotopic (exact) mass is 242 g/mol. The molecule has 0 fully saturated rings. The van der Waals surface area contributed by atoms with E-state index in [2.05, 4.69) is 31.1 Å². The molecule has 0 aromatic heterocycles. The zero-order valence-electron chi connectivity index (χ0n) is 10.8. The molecule has 0 saturated heterocycles. The van der Waals surface area contributed by atoms with Gasteiger partial charge < -0.3 is 14.6 Å². The Labute approximate surface area is 99.5 Å². The van der Waals surface area contributed by atoms with E-state index in [0.29, 0.717) is 0 Å². The van der Waals surface area contributed by atoms with Gasteiger partial charge in [-0.05, 0) is 6.92 Å². The van der Waals surface area contributed by atoms with Gasteiger partial charge >= 0.3 is 0 Å². The van der Waals surface area contributed by atoms with Gasteiger partial charge in [-0.15, -0.1) is 5.54 Å².